The number of carbonyl (C=O) groups is 2. The predicted octanol–water partition coefficient (Wildman–Crippen LogP) is 2.71. The summed E-state index contributed by atoms with van der Waals surface area (Å²) in [5.41, 5.74) is 0.635. The first kappa shape index (κ1) is 26.1. The second kappa shape index (κ2) is 13.4. The van der Waals surface area contributed by atoms with E-state index in [-0.39, 0.29) is 24.5 Å². The van der Waals surface area contributed by atoms with Gasteiger partial charge in [0.05, 0.1) is 17.8 Å². The van der Waals surface area contributed by atoms with E-state index in [0.29, 0.717) is 31.0 Å². The summed E-state index contributed by atoms with van der Waals surface area (Å²) in [5, 5.41) is 16.2. The minimum absolute atomic E-state index is 0.0384. The first-order valence-electron chi connectivity index (χ1n) is 11.8. The third-order valence-corrected chi connectivity index (χ3v) is 5.64. The lowest BCUT2D eigenvalue weighted by Crippen LogP contribution is -2.57. The number of β-amino-alcohol motifs (C(OH)–C–C–N with tert-alkyl or cyclic N) is 1. The molecule has 1 aliphatic heterocycles. The van der Waals surface area contributed by atoms with Crippen LogP contribution in [0.3, 0.4) is 0 Å². The van der Waals surface area contributed by atoms with Gasteiger partial charge in [0.25, 0.3) is 0 Å². The molecule has 3 atom stereocenters. The van der Waals surface area contributed by atoms with Gasteiger partial charge in [-0.25, -0.2) is 4.79 Å². The molecular weight excluding hydrogens is 408 g/mol. The SMILES string of the molecule is CC(C)CCCN1CCC(NC(=O)[C@H](CC(C)C)NC(=O)OCc2ccccn2)C(O)C1. The molecule has 32 heavy (non-hydrogen) atoms. The molecule has 2 rings (SSSR count). The lowest BCUT2D eigenvalue weighted by Gasteiger charge is -2.37. The number of rotatable bonds is 11. The smallest absolute Gasteiger partial charge is 0.408 e. The van der Waals surface area contributed by atoms with Gasteiger partial charge in [0.1, 0.15) is 12.6 Å². The quantitative estimate of drug-likeness (QED) is 0.481. The number of amides is 2. The summed E-state index contributed by atoms with van der Waals surface area (Å²) in [6.45, 7) is 10.8. The Hall–Kier alpha value is -2.19. The van der Waals surface area contributed by atoms with E-state index in [0.717, 1.165) is 19.5 Å². The fourth-order valence-corrected chi connectivity index (χ4v) is 3.88. The first-order chi connectivity index (χ1) is 15.2. The van der Waals surface area contributed by atoms with Crippen LogP contribution in [0.1, 0.15) is 59.1 Å². The van der Waals surface area contributed by atoms with Crippen LogP contribution >= 0.6 is 0 Å². The molecule has 0 aromatic carbocycles. The molecule has 0 spiro atoms. The lowest BCUT2D eigenvalue weighted by molar-refractivity contribution is -0.125. The molecule has 8 nitrogen and oxygen atoms in total. The standard InChI is InChI=1S/C24H40N4O4/c1-17(2)8-7-12-28-13-10-20(22(29)15-28)26-23(30)21(14-18(3)4)27-24(31)32-16-19-9-5-6-11-25-19/h5-6,9,11,17-18,20-22,29H,7-8,10,12-16H2,1-4H3,(H,26,30)(H,27,31)/t20?,21-,22?/m0/s1. The van der Waals surface area contributed by atoms with Crippen LogP contribution < -0.4 is 10.6 Å². The summed E-state index contributed by atoms with van der Waals surface area (Å²) in [7, 11) is 0. The highest BCUT2D eigenvalue weighted by Crippen LogP contribution is 2.15. The average molecular weight is 449 g/mol. The van der Waals surface area contributed by atoms with Gasteiger partial charge in [-0.1, -0.05) is 33.8 Å². The Kier molecular flexibility index (Phi) is 10.9. The van der Waals surface area contributed by atoms with Gasteiger partial charge in [0.2, 0.25) is 5.91 Å². The summed E-state index contributed by atoms with van der Waals surface area (Å²) in [5.74, 6) is 0.596. The Morgan fingerprint density at radius 3 is 2.66 bits per heavy atom. The number of aliphatic hydroxyl groups excluding tert-OH is 1. The molecule has 1 aromatic heterocycles. The van der Waals surface area contributed by atoms with Crippen molar-refractivity contribution in [2.45, 2.75) is 78.2 Å². The maximum Gasteiger partial charge on any atom is 0.408 e. The van der Waals surface area contributed by atoms with Crippen molar-refractivity contribution < 1.29 is 19.4 Å². The number of ether oxygens (including phenoxy) is 1. The van der Waals surface area contributed by atoms with Crippen molar-refractivity contribution in [1.82, 2.24) is 20.5 Å². The average Bonchev–Trinajstić information content (AvgIpc) is 2.74. The monoisotopic (exact) mass is 448 g/mol. The largest absolute Gasteiger partial charge is 0.443 e. The molecule has 8 heteroatoms. The van der Waals surface area contributed by atoms with Crippen molar-refractivity contribution in [3.63, 3.8) is 0 Å². The summed E-state index contributed by atoms with van der Waals surface area (Å²) in [6.07, 6.45) is 3.81. The molecular formula is C24H40N4O4. The van der Waals surface area contributed by atoms with Gasteiger partial charge in [-0.05, 0) is 56.2 Å². The number of alkyl carbamates (subject to hydrolysis) is 1. The number of pyridine rings is 1. The number of hydrogen-bond acceptors (Lipinski definition) is 6. The number of hydrogen-bond donors (Lipinski definition) is 3. The fourth-order valence-electron chi connectivity index (χ4n) is 3.88. The topological polar surface area (TPSA) is 104 Å². The lowest BCUT2D eigenvalue weighted by atomic mass is 9.98. The van der Waals surface area contributed by atoms with E-state index in [1.54, 1.807) is 18.3 Å². The van der Waals surface area contributed by atoms with E-state index in [4.69, 9.17) is 4.74 Å². The minimum Gasteiger partial charge on any atom is -0.443 e. The number of nitrogens with one attached hydrogen (secondary N) is 2. The Balaban J connectivity index is 1.83. The van der Waals surface area contributed by atoms with E-state index in [9.17, 15) is 14.7 Å². The van der Waals surface area contributed by atoms with Gasteiger partial charge in [0.15, 0.2) is 0 Å². The summed E-state index contributed by atoms with van der Waals surface area (Å²) >= 11 is 0. The van der Waals surface area contributed by atoms with Gasteiger partial charge in [-0.3, -0.25) is 9.78 Å². The number of piperidine rings is 1. The van der Waals surface area contributed by atoms with Crippen LogP contribution in [0, 0.1) is 11.8 Å². The van der Waals surface area contributed by atoms with Gasteiger partial charge in [-0.15, -0.1) is 0 Å². The number of aromatic nitrogens is 1. The molecule has 2 amide bonds. The van der Waals surface area contributed by atoms with Crippen molar-refractivity contribution in [2.24, 2.45) is 11.8 Å². The highest BCUT2D eigenvalue weighted by atomic mass is 16.5. The Morgan fingerprint density at radius 1 is 1.25 bits per heavy atom. The molecule has 180 valence electrons. The normalized spacial score (nSPS) is 20.2. The maximum atomic E-state index is 12.9. The number of carbonyl (C=O) groups excluding carboxylic acids is 2. The molecule has 0 bridgehead atoms. The molecule has 0 radical (unpaired) electrons. The van der Waals surface area contributed by atoms with Crippen molar-refractivity contribution in [3.05, 3.63) is 30.1 Å². The summed E-state index contributed by atoms with van der Waals surface area (Å²) in [4.78, 5) is 31.6. The van der Waals surface area contributed by atoms with E-state index >= 15 is 0 Å². The second-order valence-electron chi connectivity index (χ2n) is 9.53. The Labute approximate surface area is 192 Å². The van der Waals surface area contributed by atoms with E-state index in [2.05, 4.69) is 34.4 Å². The van der Waals surface area contributed by atoms with Crippen molar-refractivity contribution >= 4 is 12.0 Å². The molecule has 3 N–H and O–H groups in total. The third-order valence-electron chi connectivity index (χ3n) is 5.64. The Bertz CT molecular complexity index is 698. The summed E-state index contributed by atoms with van der Waals surface area (Å²) < 4.78 is 5.22. The molecule has 1 aliphatic rings. The Morgan fingerprint density at radius 2 is 2.03 bits per heavy atom. The molecule has 2 unspecified atom stereocenters. The van der Waals surface area contributed by atoms with Crippen molar-refractivity contribution in [3.8, 4) is 0 Å². The number of aliphatic hydroxyl groups is 1. The van der Waals surface area contributed by atoms with E-state index in [1.807, 2.05) is 19.9 Å². The zero-order valence-electron chi connectivity index (χ0n) is 19.9. The van der Waals surface area contributed by atoms with Crippen LogP contribution in [0.5, 0.6) is 0 Å². The van der Waals surface area contributed by atoms with Gasteiger partial charge >= 0.3 is 6.09 Å². The highest BCUT2D eigenvalue weighted by molar-refractivity contribution is 5.85. The van der Waals surface area contributed by atoms with E-state index in [1.165, 1.54) is 6.42 Å². The molecule has 1 aromatic rings. The molecule has 1 saturated heterocycles. The maximum absolute atomic E-state index is 12.9. The molecule has 0 saturated carbocycles. The zero-order valence-corrected chi connectivity index (χ0v) is 19.9. The zero-order chi connectivity index (χ0) is 23.5. The minimum atomic E-state index is -0.720. The predicted molar refractivity (Wildman–Crippen MR) is 124 cm³/mol. The molecule has 2 heterocycles. The first-order valence-corrected chi connectivity index (χ1v) is 11.8. The third kappa shape index (κ3) is 9.53. The van der Waals surface area contributed by atoms with Gasteiger partial charge in [-0.2, -0.15) is 0 Å². The van der Waals surface area contributed by atoms with Crippen LogP contribution in [0.25, 0.3) is 0 Å². The molecule has 0 aliphatic carbocycles. The van der Waals surface area contributed by atoms with Crippen LogP contribution in [-0.4, -0.2) is 64.8 Å². The second-order valence-corrected chi connectivity index (χ2v) is 9.53. The molecule has 1 fully saturated rings. The summed E-state index contributed by atoms with van der Waals surface area (Å²) in [6, 6.07) is 4.34. The number of likely N-dealkylation sites (tertiary alicyclic amines) is 1. The highest BCUT2D eigenvalue weighted by Gasteiger charge is 2.31. The number of nitrogens with zero attached hydrogens (tertiary/aromatic N) is 2. The van der Waals surface area contributed by atoms with Crippen LogP contribution in [0.15, 0.2) is 24.4 Å². The van der Waals surface area contributed by atoms with Crippen LogP contribution in [0.2, 0.25) is 0 Å². The van der Waals surface area contributed by atoms with Crippen molar-refractivity contribution in [1.29, 1.82) is 0 Å². The van der Waals surface area contributed by atoms with E-state index < -0.39 is 18.2 Å². The van der Waals surface area contributed by atoms with Crippen LogP contribution in [0.4, 0.5) is 4.79 Å². The van der Waals surface area contributed by atoms with Gasteiger partial charge < -0.3 is 25.4 Å². The van der Waals surface area contributed by atoms with Crippen molar-refractivity contribution in [2.75, 3.05) is 19.6 Å². The van der Waals surface area contributed by atoms with Crippen LogP contribution in [-0.2, 0) is 16.1 Å². The fraction of sp³-hybridized carbons (Fsp3) is 0.708. The van der Waals surface area contributed by atoms with Gasteiger partial charge in [0, 0.05) is 19.3 Å².